The Labute approximate surface area is 114 Å². The van der Waals surface area contributed by atoms with Gasteiger partial charge < -0.3 is 10.8 Å². The van der Waals surface area contributed by atoms with Crippen molar-refractivity contribution in [2.75, 3.05) is 11.5 Å². The van der Waals surface area contributed by atoms with E-state index in [0.29, 0.717) is 17.4 Å². The van der Waals surface area contributed by atoms with Crippen LogP contribution in [-0.2, 0) is 11.2 Å². The van der Waals surface area contributed by atoms with Gasteiger partial charge in [0.2, 0.25) is 0 Å². The Balaban J connectivity index is 2.09. The van der Waals surface area contributed by atoms with E-state index in [4.69, 9.17) is 10.8 Å². The van der Waals surface area contributed by atoms with Crippen LogP contribution >= 0.6 is 11.8 Å². The van der Waals surface area contributed by atoms with Crippen LogP contribution in [0.1, 0.15) is 11.1 Å². The second-order valence-corrected chi connectivity index (χ2v) is 4.85. The van der Waals surface area contributed by atoms with Crippen LogP contribution in [0, 0.1) is 0 Å². The molecule has 1 aromatic carbocycles. The van der Waals surface area contributed by atoms with Gasteiger partial charge in [0.1, 0.15) is 5.82 Å². The van der Waals surface area contributed by atoms with Gasteiger partial charge in [-0.1, -0.05) is 42.1 Å². The van der Waals surface area contributed by atoms with Gasteiger partial charge in [0.05, 0.1) is 5.75 Å². The molecule has 1 aromatic heterocycles. The van der Waals surface area contributed by atoms with Crippen LogP contribution in [-0.4, -0.2) is 26.8 Å². The van der Waals surface area contributed by atoms with Crippen LogP contribution < -0.4 is 5.73 Å². The molecule has 0 aliphatic carbocycles. The highest BCUT2D eigenvalue weighted by molar-refractivity contribution is 7.99. The van der Waals surface area contributed by atoms with Crippen molar-refractivity contribution in [3.05, 3.63) is 47.7 Å². The van der Waals surface area contributed by atoms with E-state index in [-0.39, 0.29) is 5.75 Å². The molecule has 2 rings (SSSR count). The molecule has 0 aliphatic heterocycles. The van der Waals surface area contributed by atoms with Crippen molar-refractivity contribution >= 4 is 23.5 Å². The fraction of sp³-hybridized carbons (Fsp3) is 0.154. The number of nitrogens with two attached hydrogens (primary N) is 1. The van der Waals surface area contributed by atoms with E-state index in [2.05, 4.69) is 9.97 Å². The van der Waals surface area contributed by atoms with Crippen LogP contribution in [0.25, 0.3) is 0 Å². The summed E-state index contributed by atoms with van der Waals surface area (Å²) in [6.07, 6.45) is 2.32. The summed E-state index contributed by atoms with van der Waals surface area (Å²) in [7, 11) is 0. The second-order valence-electron chi connectivity index (χ2n) is 3.91. The zero-order valence-corrected chi connectivity index (χ0v) is 10.9. The van der Waals surface area contributed by atoms with Gasteiger partial charge in [-0.05, 0) is 5.56 Å². The molecular formula is C13H13N3O2S. The molecule has 0 bridgehead atoms. The lowest BCUT2D eigenvalue weighted by Gasteiger charge is -2.06. The molecular weight excluding hydrogens is 262 g/mol. The van der Waals surface area contributed by atoms with Crippen molar-refractivity contribution in [2.24, 2.45) is 0 Å². The summed E-state index contributed by atoms with van der Waals surface area (Å²) >= 11 is 1.06. The Morgan fingerprint density at radius 1 is 1.32 bits per heavy atom. The van der Waals surface area contributed by atoms with Crippen LogP contribution in [0.4, 0.5) is 5.82 Å². The lowest BCUT2D eigenvalue weighted by atomic mass is 10.1. The first kappa shape index (κ1) is 13.4. The lowest BCUT2D eigenvalue weighted by molar-refractivity contribution is -0.133. The maximum absolute atomic E-state index is 10.5. The molecule has 5 nitrogen and oxygen atoms in total. The third-order valence-corrected chi connectivity index (χ3v) is 3.28. The number of nitrogens with zero attached hydrogens (tertiary/aromatic N) is 2. The van der Waals surface area contributed by atoms with E-state index >= 15 is 0 Å². The van der Waals surface area contributed by atoms with Gasteiger partial charge >= 0.3 is 5.97 Å². The molecule has 19 heavy (non-hydrogen) atoms. The summed E-state index contributed by atoms with van der Waals surface area (Å²) in [6, 6.07) is 9.89. The number of thioether (sulfide) groups is 1. The van der Waals surface area contributed by atoms with Crippen LogP contribution in [0.15, 0.2) is 41.7 Å². The van der Waals surface area contributed by atoms with Crippen molar-refractivity contribution in [3.63, 3.8) is 0 Å². The molecule has 1 heterocycles. The van der Waals surface area contributed by atoms with Crippen molar-refractivity contribution in [3.8, 4) is 0 Å². The van der Waals surface area contributed by atoms with Gasteiger partial charge in [0, 0.05) is 18.2 Å². The highest BCUT2D eigenvalue weighted by atomic mass is 32.2. The molecule has 3 N–H and O–H groups in total. The van der Waals surface area contributed by atoms with Crippen molar-refractivity contribution in [1.29, 1.82) is 0 Å². The standard InChI is InChI=1S/C13H13N3O2S/c14-12-10(6-9-4-2-1-3-5-9)7-15-13(16-12)19-8-11(17)18/h1-5,7H,6,8H2,(H,17,18)(H2,14,15,16). The average molecular weight is 275 g/mol. The summed E-state index contributed by atoms with van der Waals surface area (Å²) < 4.78 is 0. The van der Waals surface area contributed by atoms with E-state index in [1.807, 2.05) is 30.3 Å². The number of rotatable bonds is 5. The number of hydrogen-bond donors (Lipinski definition) is 2. The smallest absolute Gasteiger partial charge is 0.313 e. The highest BCUT2D eigenvalue weighted by Crippen LogP contribution is 2.18. The van der Waals surface area contributed by atoms with Gasteiger partial charge in [-0.25, -0.2) is 9.97 Å². The zero-order chi connectivity index (χ0) is 13.7. The molecule has 2 aromatic rings. The lowest BCUT2D eigenvalue weighted by Crippen LogP contribution is -2.04. The highest BCUT2D eigenvalue weighted by Gasteiger charge is 2.07. The van der Waals surface area contributed by atoms with Crippen molar-refractivity contribution < 1.29 is 9.90 Å². The van der Waals surface area contributed by atoms with E-state index in [9.17, 15) is 4.79 Å². The largest absolute Gasteiger partial charge is 0.481 e. The Morgan fingerprint density at radius 3 is 2.68 bits per heavy atom. The van der Waals surface area contributed by atoms with Crippen molar-refractivity contribution in [2.45, 2.75) is 11.6 Å². The number of carboxylic acid groups (broad SMARTS) is 1. The molecule has 0 aliphatic rings. The Morgan fingerprint density at radius 2 is 2.05 bits per heavy atom. The minimum absolute atomic E-state index is 0.0720. The maximum atomic E-state index is 10.5. The minimum atomic E-state index is -0.902. The number of aliphatic carboxylic acids is 1. The molecule has 0 atom stereocenters. The summed E-state index contributed by atoms with van der Waals surface area (Å²) in [4.78, 5) is 18.7. The first-order valence-corrected chi connectivity index (χ1v) is 6.63. The van der Waals surface area contributed by atoms with Crippen LogP contribution in [0.2, 0.25) is 0 Å². The third kappa shape index (κ3) is 3.96. The van der Waals surface area contributed by atoms with Gasteiger partial charge in [-0.3, -0.25) is 4.79 Å². The van der Waals surface area contributed by atoms with E-state index in [1.54, 1.807) is 6.20 Å². The molecule has 98 valence electrons. The maximum Gasteiger partial charge on any atom is 0.313 e. The zero-order valence-electron chi connectivity index (χ0n) is 10.1. The molecule has 0 radical (unpaired) electrons. The van der Waals surface area contributed by atoms with Crippen LogP contribution in [0.5, 0.6) is 0 Å². The Hall–Kier alpha value is -2.08. The first-order chi connectivity index (χ1) is 9.15. The molecule has 0 fully saturated rings. The molecule has 0 saturated heterocycles. The second kappa shape index (κ2) is 6.19. The fourth-order valence-corrected chi connectivity index (χ4v) is 2.09. The molecule has 0 saturated carbocycles. The normalized spacial score (nSPS) is 10.3. The van der Waals surface area contributed by atoms with Crippen molar-refractivity contribution in [1.82, 2.24) is 9.97 Å². The summed E-state index contributed by atoms with van der Waals surface area (Å²) in [5.74, 6) is -0.579. The predicted octanol–water partition coefficient (Wildman–Crippen LogP) is 1.83. The minimum Gasteiger partial charge on any atom is -0.481 e. The third-order valence-electron chi connectivity index (χ3n) is 2.44. The molecule has 0 spiro atoms. The first-order valence-electron chi connectivity index (χ1n) is 5.65. The number of aromatic nitrogens is 2. The van der Waals surface area contributed by atoms with Gasteiger partial charge in [0.15, 0.2) is 5.16 Å². The monoisotopic (exact) mass is 275 g/mol. The number of carbonyl (C=O) groups is 1. The number of nitrogen functional groups attached to an aromatic ring is 1. The topological polar surface area (TPSA) is 89.1 Å². The number of benzene rings is 1. The molecule has 6 heteroatoms. The SMILES string of the molecule is Nc1nc(SCC(=O)O)ncc1Cc1ccccc1. The molecule has 0 unspecified atom stereocenters. The van der Waals surface area contributed by atoms with Gasteiger partial charge in [-0.2, -0.15) is 0 Å². The number of carboxylic acids is 1. The number of hydrogen-bond acceptors (Lipinski definition) is 5. The number of anilines is 1. The van der Waals surface area contributed by atoms with Crippen LogP contribution in [0.3, 0.4) is 0 Å². The van der Waals surface area contributed by atoms with Gasteiger partial charge in [0.25, 0.3) is 0 Å². The fourth-order valence-electron chi connectivity index (χ4n) is 1.55. The quantitative estimate of drug-likeness (QED) is 0.639. The van der Waals surface area contributed by atoms with E-state index in [0.717, 1.165) is 22.9 Å². The Bertz CT molecular complexity index is 575. The average Bonchev–Trinajstić information content (AvgIpc) is 2.40. The van der Waals surface area contributed by atoms with E-state index < -0.39 is 5.97 Å². The predicted molar refractivity (Wildman–Crippen MR) is 74.1 cm³/mol. The van der Waals surface area contributed by atoms with Gasteiger partial charge in [-0.15, -0.1) is 0 Å². The summed E-state index contributed by atoms with van der Waals surface area (Å²) in [6.45, 7) is 0. The summed E-state index contributed by atoms with van der Waals surface area (Å²) in [5, 5.41) is 8.97. The Kier molecular flexibility index (Phi) is 4.35. The molecule has 0 amide bonds. The summed E-state index contributed by atoms with van der Waals surface area (Å²) in [5.41, 5.74) is 7.83. The van der Waals surface area contributed by atoms with E-state index in [1.165, 1.54) is 0 Å².